The van der Waals surface area contributed by atoms with E-state index in [9.17, 15) is 4.39 Å². The third-order valence-electron chi connectivity index (χ3n) is 3.64. The molecular weight excluding hydrogens is 283 g/mol. The van der Waals surface area contributed by atoms with E-state index in [1.807, 2.05) is 22.8 Å². The third-order valence-corrected chi connectivity index (χ3v) is 3.92. The van der Waals surface area contributed by atoms with Crippen molar-refractivity contribution in [2.24, 2.45) is 0 Å². The lowest BCUT2D eigenvalue weighted by Crippen LogP contribution is -1.93. The van der Waals surface area contributed by atoms with Gasteiger partial charge in [0.05, 0.1) is 11.0 Å². The zero-order valence-corrected chi connectivity index (χ0v) is 11.8. The molecule has 4 heteroatoms. The van der Waals surface area contributed by atoms with Crippen molar-refractivity contribution in [1.29, 1.82) is 0 Å². The standard InChI is InChI=1S/C17H11FN2S/c18-13-6-8-16-15(10-13)19-17(21)20(16)14-7-5-11-3-1-2-4-12(11)9-14/h1-10H,(H,19,21). The number of nitrogens with zero attached hydrogens (tertiary/aromatic N) is 1. The van der Waals surface area contributed by atoms with Crippen LogP contribution >= 0.6 is 12.2 Å². The summed E-state index contributed by atoms with van der Waals surface area (Å²) in [5, 5.41) is 2.33. The smallest absolute Gasteiger partial charge is 0.182 e. The maximum absolute atomic E-state index is 13.3. The number of aromatic amines is 1. The van der Waals surface area contributed by atoms with Crippen LogP contribution in [-0.4, -0.2) is 9.55 Å². The first-order valence-corrected chi connectivity index (χ1v) is 7.03. The number of hydrogen-bond donors (Lipinski definition) is 1. The van der Waals surface area contributed by atoms with Crippen molar-refractivity contribution in [3.8, 4) is 5.69 Å². The van der Waals surface area contributed by atoms with Gasteiger partial charge >= 0.3 is 0 Å². The topological polar surface area (TPSA) is 20.7 Å². The van der Waals surface area contributed by atoms with Crippen molar-refractivity contribution >= 4 is 34.0 Å². The third kappa shape index (κ3) is 1.96. The molecule has 3 aromatic carbocycles. The Bertz CT molecular complexity index is 1030. The molecule has 1 heterocycles. The Kier molecular flexibility index (Phi) is 2.65. The lowest BCUT2D eigenvalue weighted by atomic mass is 10.1. The van der Waals surface area contributed by atoms with E-state index >= 15 is 0 Å². The van der Waals surface area contributed by atoms with Crippen LogP contribution in [0, 0.1) is 10.6 Å². The van der Waals surface area contributed by atoms with Gasteiger partial charge in [-0.25, -0.2) is 4.39 Å². The van der Waals surface area contributed by atoms with Crippen molar-refractivity contribution in [2.75, 3.05) is 0 Å². The van der Waals surface area contributed by atoms with Crippen molar-refractivity contribution in [3.63, 3.8) is 0 Å². The normalized spacial score (nSPS) is 11.3. The zero-order valence-electron chi connectivity index (χ0n) is 11.0. The van der Waals surface area contributed by atoms with Crippen LogP contribution in [0.5, 0.6) is 0 Å². The number of rotatable bonds is 1. The second-order valence-electron chi connectivity index (χ2n) is 4.96. The second kappa shape index (κ2) is 4.53. The van der Waals surface area contributed by atoms with Crippen LogP contribution in [0.4, 0.5) is 4.39 Å². The van der Waals surface area contributed by atoms with Crippen molar-refractivity contribution in [3.05, 3.63) is 71.3 Å². The fourth-order valence-electron chi connectivity index (χ4n) is 2.66. The molecule has 102 valence electrons. The molecule has 0 unspecified atom stereocenters. The Balaban J connectivity index is 2.03. The van der Waals surface area contributed by atoms with E-state index in [0.717, 1.165) is 16.6 Å². The zero-order chi connectivity index (χ0) is 14.4. The highest BCUT2D eigenvalue weighted by Gasteiger charge is 2.07. The highest BCUT2D eigenvalue weighted by atomic mass is 32.1. The molecule has 0 aliphatic rings. The first-order chi connectivity index (χ1) is 10.2. The molecule has 0 amide bonds. The van der Waals surface area contributed by atoms with Gasteiger partial charge in [-0.15, -0.1) is 0 Å². The Morgan fingerprint density at radius 3 is 2.57 bits per heavy atom. The molecule has 0 atom stereocenters. The summed E-state index contributed by atoms with van der Waals surface area (Å²) in [5.74, 6) is -0.274. The van der Waals surface area contributed by atoms with Gasteiger partial charge in [0.1, 0.15) is 5.82 Å². The van der Waals surface area contributed by atoms with Crippen LogP contribution in [0.1, 0.15) is 0 Å². The summed E-state index contributed by atoms with van der Waals surface area (Å²) in [6.45, 7) is 0. The summed E-state index contributed by atoms with van der Waals surface area (Å²) >= 11 is 5.39. The van der Waals surface area contributed by atoms with Gasteiger partial charge < -0.3 is 4.98 Å². The SMILES string of the molecule is Fc1ccc2c(c1)[nH]c(=S)n2-c1ccc2ccccc2c1. The molecule has 0 radical (unpaired) electrons. The molecule has 2 nitrogen and oxygen atoms in total. The minimum Gasteiger partial charge on any atom is -0.330 e. The molecule has 4 aromatic rings. The summed E-state index contributed by atoms with van der Waals surface area (Å²) < 4.78 is 15.8. The molecule has 0 saturated carbocycles. The van der Waals surface area contributed by atoms with E-state index in [1.54, 1.807) is 6.07 Å². The highest BCUT2D eigenvalue weighted by molar-refractivity contribution is 7.71. The number of H-pyrrole nitrogens is 1. The van der Waals surface area contributed by atoms with Gasteiger partial charge in [-0.3, -0.25) is 4.57 Å². The maximum Gasteiger partial charge on any atom is 0.182 e. The van der Waals surface area contributed by atoms with Crippen molar-refractivity contribution < 1.29 is 4.39 Å². The van der Waals surface area contributed by atoms with Crippen LogP contribution in [0.25, 0.3) is 27.5 Å². The molecule has 0 fully saturated rings. The first kappa shape index (κ1) is 12.3. The number of hydrogen-bond acceptors (Lipinski definition) is 1. The largest absolute Gasteiger partial charge is 0.330 e. The first-order valence-electron chi connectivity index (χ1n) is 6.62. The summed E-state index contributed by atoms with van der Waals surface area (Å²) in [6, 6.07) is 19.0. The Morgan fingerprint density at radius 1 is 0.905 bits per heavy atom. The number of benzene rings is 3. The number of aromatic nitrogens is 2. The maximum atomic E-state index is 13.3. The molecular formula is C17H11FN2S. The second-order valence-corrected chi connectivity index (χ2v) is 5.35. The van der Waals surface area contributed by atoms with Crippen LogP contribution in [0.2, 0.25) is 0 Å². The average Bonchev–Trinajstić information content (AvgIpc) is 2.81. The number of imidazole rings is 1. The lowest BCUT2D eigenvalue weighted by Gasteiger charge is -2.06. The molecule has 0 saturated heterocycles. The van der Waals surface area contributed by atoms with Crippen LogP contribution in [-0.2, 0) is 0 Å². The van der Waals surface area contributed by atoms with Gasteiger partial charge in [0, 0.05) is 5.69 Å². The Hall–Kier alpha value is -2.46. The van der Waals surface area contributed by atoms with Gasteiger partial charge in [0.2, 0.25) is 0 Å². The van der Waals surface area contributed by atoms with Gasteiger partial charge in [0.25, 0.3) is 0 Å². The van der Waals surface area contributed by atoms with Crippen LogP contribution < -0.4 is 0 Å². The van der Waals surface area contributed by atoms with E-state index in [4.69, 9.17) is 12.2 Å². The van der Waals surface area contributed by atoms with E-state index in [1.165, 1.54) is 17.5 Å². The van der Waals surface area contributed by atoms with Gasteiger partial charge in [-0.2, -0.15) is 0 Å². The van der Waals surface area contributed by atoms with E-state index in [0.29, 0.717) is 10.3 Å². The summed E-state index contributed by atoms with van der Waals surface area (Å²) in [6.07, 6.45) is 0. The predicted octanol–water partition coefficient (Wildman–Crippen LogP) is 4.98. The van der Waals surface area contributed by atoms with Gasteiger partial charge in [0.15, 0.2) is 4.77 Å². The molecule has 21 heavy (non-hydrogen) atoms. The Morgan fingerprint density at radius 2 is 1.71 bits per heavy atom. The molecule has 0 bridgehead atoms. The number of fused-ring (bicyclic) bond motifs is 2. The Labute approximate surface area is 125 Å². The number of nitrogens with one attached hydrogen (secondary N) is 1. The summed E-state index contributed by atoms with van der Waals surface area (Å²) in [7, 11) is 0. The fourth-order valence-corrected chi connectivity index (χ4v) is 2.97. The van der Waals surface area contributed by atoms with Crippen molar-refractivity contribution in [2.45, 2.75) is 0 Å². The minimum atomic E-state index is -0.274. The predicted molar refractivity (Wildman–Crippen MR) is 85.9 cm³/mol. The lowest BCUT2D eigenvalue weighted by molar-refractivity contribution is 0.629. The monoisotopic (exact) mass is 294 g/mol. The fraction of sp³-hybridized carbons (Fsp3) is 0. The van der Waals surface area contributed by atoms with Crippen LogP contribution in [0.15, 0.2) is 60.7 Å². The molecule has 0 spiro atoms. The molecule has 0 aliphatic carbocycles. The molecule has 1 aromatic heterocycles. The van der Waals surface area contributed by atoms with E-state index in [-0.39, 0.29) is 5.82 Å². The summed E-state index contributed by atoms with van der Waals surface area (Å²) in [5.41, 5.74) is 2.54. The van der Waals surface area contributed by atoms with E-state index in [2.05, 4.69) is 29.2 Å². The van der Waals surface area contributed by atoms with Gasteiger partial charge in [-0.05, 0) is 53.3 Å². The quantitative estimate of drug-likeness (QED) is 0.491. The molecule has 4 rings (SSSR count). The highest BCUT2D eigenvalue weighted by Crippen LogP contribution is 2.23. The molecule has 1 N–H and O–H groups in total. The minimum absolute atomic E-state index is 0.274. The summed E-state index contributed by atoms with van der Waals surface area (Å²) in [4.78, 5) is 3.05. The van der Waals surface area contributed by atoms with E-state index < -0.39 is 0 Å². The van der Waals surface area contributed by atoms with Crippen molar-refractivity contribution in [1.82, 2.24) is 9.55 Å². The average molecular weight is 294 g/mol. The number of halogens is 1. The van der Waals surface area contributed by atoms with Crippen LogP contribution in [0.3, 0.4) is 0 Å². The van der Waals surface area contributed by atoms with Gasteiger partial charge in [-0.1, -0.05) is 30.3 Å². The molecule has 0 aliphatic heterocycles.